The van der Waals surface area contributed by atoms with E-state index in [-0.39, 0.29) is 25.9 Å². The van der Waals surface area contributed by atoms with Crippen LogP contribution < -0.4 is 0 Å². The quantitative estimate of drug-likeness (QED) is 0.269. The summed E-state index contributed by atoms with van der Waals surface area (Å²) in [5.74, 6) is -4.03. The zero-order valence-corrected chi connectivity index (χ0v) is 11.6. The molecule has 10 heteroatoms. The highest BCUT2D eigenvalue weighted by Gasteiger charge is 2.18. The largest absolute Gasteiger partial charge is 0.481 e. The molecule has 2 N–H and O–H groups in total. The Kier molecular flexibility index (Phi) is 9.73. The molecule has 0 spiro atoms. The first-order valence-electron chi connectivity index (χ1n) is 6.19. The molecule has 0 heterocycles. The summed E-state index contributed by atoms with van der Waals surface area (Å²) in [5, 5.41) is 16.8. The Morgan fingerprint density at radius 1 is 0.864 bits per heavy atom. The zero-order valence-electron chi connectivity index (χ0n) is 11.6. The Hall–Kier alpha value is -2.65. The highest BCUT2D eigenvalue weighted by molar-refractivity contribution is 5.77. The van der Waals surface area contributed by atoms with Crippen LogP contribution in [-0.2, 0) is 38.2 Å². The van der Waals surface area contributed by atoms with Crippen LogP contribution in [0.25, 0.3) is 0 Å². The molecule has 124 valence electrons. The molecule has 0 aromatic rings. The van der Waals surface area contributed by atoms with E-state index < -0.39 is 49.4 Å². The molecule has 0 aromatic carbocycles. The number of ether oxygens (including phenoxy) is 3. The molecule has 0 aromatic heterocycles. The summed E-state index contributed by atoms with van der Waals surface area (Å²) in [7, 11) is 0. The Balaban J connectivity index is 4.23. The highest BCUT2D eigenvalue weighted by atomic mass is 16.6. The van der Waals surface area contributed by atoms with Crippen molar-refractivity contribution in [3.05, 3.63) is 0 Å². The monoisotopic (exact) mass is 320 g/mol. The first-order chi connectivity index (χ1) is 10.3. The summed E-state index contributed by atoms with van der Waals surface area (Å²) in [6, 6.07) is 0. The number of esters is 2. The van der Waals surface area contributed by atoms with Crippen molar-refractivity contribution in [1.82, 2.24) is 0 Å². The van der Waals surface area contributed by atoms with Crippen LogP contribution in [0.3, 0.4) is 0 Å². The second kappa shape index (κ2) is 11.1. The number of carboxylic acid groups (broad SMARTS) is 2. The first kappa shape index (κ1) is 19.4. The molecule has 0 radical (unpaired) electrons. The van der Waals surface area contributed by atoms with Crippen LogP contribution >= 0.6 is 0 Å². The number of hydrogen-bond acceptors (Lipinski definition) is 8. The average molecular weight is 320 g/mol. The molecule has 0 amide bonds. The van der Waals surface area contributed by atoms with Crippen LogP contribution in [0.5, 0.6) is 0 Å². The lowest BCUT2D eigenvalue weighted by molar-refractivity contribution is -0.165. The van der Waals surface area contributed by atoms with Gasteiger partial charge in [-0.15, -0.1) is 0 Å². The first-order valence-corrected chi connectivity index (χ1v) is 6.19. The van der Waals surface area contributed by atoms with E-state index in [4.69, 9.17) is 14.9 Å². The van der Waals surface area contributed by atoms with Crippen LogP contribution in [0, 0.1) is 0 Å². The molecule has 10 nitrogen and oxygen atoms in total. The summed E-state index contributed by atoms with van der Waals surface area (Å²) < 4.78 is 13.9. The molecule has 0 aliphatic rings. The van der Waals surface area contributed by atoms with Crippen LogP contribution in [0.15, 0.2) is 0 Å². The Bertz CT molecular complexity index is 416. The van der Waals surface area contributed by atoms with Crippen molar-refractivity contribution in [2.45, 2.75) is 31.8 Å². The predicted molar refractivity (Wildman–Crippen MR) is 66.6 cm³/mol. The number of carboxylic acids is 2. The van der Waals surface area contributed by atoms with E-state index in [1.807, 2.05) is 0 Å². The van der Waals surface area contributed by atoms with Crippen LogP contribution in [0.1, 0.15) is 25.7 Å². The fraction of sp³-hybridized carbons (Fsp3) is 0.583. The molecule has 0 saturated carbocycles. The van der Waals surface area contributed by atoms with Gasteiger partial charge in [-0.1, -0.05) is 0 Å². The van der Waals surface area contributed by atoms with Gasteiger partial charge >= 0.3 is 23.9 Å². The maximum atomic E-state index is 11.3. The van der Waals surface area contributed by atoms with Crippen molar-refractivity contribution in [2.75, 3.05) is 13.2 Å². The van der Waals surface area contributed by atoms with Crippen molar-refractivity contribution in [3.8, 4) is 0 Å². The third kappa shape index (κ3) is 11.2. The Morgan fingerprint density at radius 2 is 1.41 bits per heavy atom. The van der Waals surface area contributed by atoms with Gasteiger partial charge in [-0.2, -0.15) is 0 Å². The lowest BCUT2D eigenvalue weighted by Gasteiger charge is -2.16. The molecule has 0 saturated heterocycles. The van der Waals surface area contributed by atoms with Gasteiger partial charge in [-0.3, -0.25) is 24.0 Å². The topological polar surface area (TPSA) is 154 Å². The summed E-state index contributed by atoms with van der Waals surface area (Å²) >= 11 is 0. The predicted octanol–water partition coefficient (Wildman–Crippen LogP) is -0.656. The zero-order chi connectivity index (χ0) is 17.0. The van der Waals surface area contributed by atoms with E-state index in [1.54, 1.807) is 0 Å². The van der Waals surface area contributed by atoms with Gasteiger partial charge in [0, 0.05) is 0 Å². The fourth-order valence-corrected chi connectivity index (χ4v) is 1.18. The van der Waals surface area contributed by atoms with Gasteiger partial charge < -0.3 is 24.4 Å². The second-order valence-corrected chi connectivity index (χ2v) is 4.01. The third-order valence-corrected chi connectivity index (χ3v) is 2.16. The second-order valence-electron chi connectivity index (χ2n) is 4.01. The minimum absolute atomic E-state index is 0.102. The average Bonchev–Trinajstić information content (AvgIpc) is 2.45. The Morgan fingerprint density at radius 3 is 1.91 bits per heavy atom. The normalized spacial score (nSPS) is 11.1. The highest BCUT2D eigenvalue weighted by Crippen LogP contribution is 2.02. The van der Waals surface area contributed by atoms with E-state index in [9.17, 15) is 24.0 Å². The molecular formula is C12H16O10. The molecule has 0 bridgehead atoms. The van der Waals surface area contributed by atoms with Crippen molar-refractivity contribution < 1.29 is 48.4 Å². The molecule has 0 fully saturated rings. The summed E-state index contributed by atoms with van der Waals surface area (Å²) in [6.07, 6.45) is -2.69. The maximum Gasteiger partial charge on any atom is 0.306 e. The SMILES string of the molecule is O=COCC(COC(=O)CCC(=O)O)OC(=O)CCC(=O)O. The smallest absolute Gasteiger partial charge is 0.306 e. The van der Waals surface area contributed by atoms with Gasteiger partial charge in [-0.25, -0.2) is 0 Å². The molecule has 0 rings (SSSR count). The number of carbonyl (C=O) groups is 5. The summed E-state index contributed by atoms with van der Waals surface area (Å²) in [5.41, 5.74) is 0. The molecule has 22 heavy (non-hydrogen) atoms. The van der Waals surface area contributed by atoms with E-state index in [2.05, 4.69) is 9.47 Å². The standard InChI is InChI=1S/C12H16O10/c13-7-20-5-8(22-12(19)4-2-10(16)17)6-21-11(18)3-1-9(14)15/h7-8H,1-6H2,(H,14,15)(H,16,17). The maximum absolute atomic E-state index is 11.3. The minimum Gasteiger partial charge on any atom is -0.481 e. The van der Waals surface area contributed by atoms with Crippen molar-refractivity contribution in [1.29, 1.82) is 0 Å². The summed E-state index contributed by atoms with van der Waals surface area (Å²) in [6.45, 7) is -0.718. The van der Waals surface area contributed by atoms with Gasteiger partial charge in [0.1, 0.15) is 13.2 Å². The van der Waals surface area contributed by atoms with Crippen molar-refractivity contribution in [3.63, 3.8) is 0 Å². The van der Waals surface area contributed by atoms with E-state index in [0.717, 1.165) is 0 Å². The molecular weight excluding hydrogens is 304 g/mol. The van der Waals surface area contributed by atoms with Crippen LogP contribution in [0.2, 0.25) is 0 Å². The molecule has 0 aliphatic carbocycles. The van der Waals surface area contributed by atoms with Gasteiger partial charge in [0.05, 0.1) is 25.7 Å². The van der Waals surface area contributed by atoms with Gasteiger partial charge in [0.15, 0.2) is 6.10 Å². The minimum atomic E-state index is -1.18. The van der Waals surface area contributed by atoms with Gasteiger partial charge in [0.2, 0.25) is 0 Å². The fourth-order valence-electron chi connectivity index (χ4n) is 1.18. The van der Waals surface area contributed by atoms with Gasteiger partial charge in [-0.05, 0) is 0 Å². The Labute approximate surface area is 124 Å². The van der Waals surface area contributed by atoms with Crippen molar-refractivity contribution >= 4 is 30.3 Å². The molecule has 0 aliphatic heterocycles. The third-order valence-electron chi connectivity index (χ3n) is 2.16. The van der Waals surface area contributed by atoms with Crippen molar-refractivity contribution in [2.24, 2.45) is 0 Å². The number of rotatable bonds is 12. The molecule has 1 atom stereocenters. The van der Waals surface area contributed by atoms with E-state index >= 15 is 0 Å². The molecule has 1 unspecified atom stereocenters. The van der Waals surface area contributed by atoms with E-state index in [0.29, 0.717) is 0 Å². The number of hydrogen-bond donors (Lipinski definition) is 2. The lowest BCUT2D eigenvalue weighted by atomic mass is 10.3. The van der Waals surface area contributed by atoms with Crippen LogP contribution in [0.4, 0.5) is 0 Å². The van der Waals surface area contributed by atoms with Gasteiger partial charge in [0.25, 0.3) is 6.47 Å². The lowest BCUT2D eigenvalue weighted by Crippen LogP contribution is -2.30. The van der Waals surface area contributed by atoms with Crippen LogP contribution in [-0.4, -0.2) is 59.9 Å². The number of carbonyl (C=O) groups excluding carboxylic acids is 3. The van der Waals surface area contributed by atoms with E-state index in [1.165, 1.54) is 0 Å². The summed E-state index contributed by atoms with van der Waals surface area (Å²) in [4.78, 5) is 53.2. The number of aliphatic carboxylic acids is 2.